The van der Waals surface area contributed by atoms with Crippen molar-refractivity contribution in [1.29, 1.82) is 0 Å². The zero-order valence-corrected chi connectivity index (χ0v) is 11.0. The first-order valence-electron chi connectivity index (χ1n) is 6.35. The smallest absolute Gasteiger partial charge is 0.394 e. The van der Waals surface area contributed by atoms with E-state index in [0.29, 0.717) is 0 Å². The number of carbonyl (C=O) groups is 1. The van der Waals surface area contributed by atoms with E-state index in [4.69, 9.17) is 5.11 Å². The maximum Gasteiger partial charge on any atom is 0.418 e. The van der Waals surface area contributed by atoms with Crippen LogP contribution in [0.2, 0.25) is 0 Å². The molecule has 2 atom stereocenters. The van der Waals surface area contributed by atoms with Gasteiger partial charge in [-0.15, -0.1) is 0 Å². The molecule has 1 heterocycles. The maximum atomic E-state index is 12.8. The third-order valence-electron chi connectivity index (χ3n) is 3.34. The second-order valence-corrected chi connectivity index (χ2v) is 4.85. The Bertz CT molecular complexity index is 522. The van der Waals surface area contributed by atoms with E-state index in [9.17, 15) is 23.1 Å². The summed E-state index contributed by atoms with van der Waals surface area (Å²) in [6.45, 7) is -0.378. The molecule has 1 aliphatic heterocycles. The molecule has 1 aromatic rings. The maximum absolute atomic E-state index is 12.8. The zero-order chi connectivity index (χ0) is 15.6. The molecule has 0 aromatic heterocycles. The standard InChI is InChI=1S/C13H15F3N2O3/c14-13(15,16)10-3-1-2-4-11(10)17-12(21)18-6-9(20)5-8(18)7-19/h1-4,8-9,19-20H,5-7H2,(H,17,21). The van der Waals surface area contributed by atoms with Crippen molar-refractivity contribution in [3.05, 3.63) is 29.8 Å². The molecule has 5 nitrogen and oxygen atoms in total. The lowest BCUT2D eigenvalue weighted by molar-refractivity contribution is -0.136. The summed E-state index contributed by atoms with van der Waals surface area (Å²) < 4.78 is 38.5. The van der Waals surface area contributed by atoms with E-state index in [1.54, 1.807) is 0 Å². The molecule has 0 spiro atoms. The van der Waals surface area contributed by atoms with Crippen molar-refractivity contribution in [1.82, 2.24) is 4.90 Å². The molecule has 0 aliphatic carbocycles. The molecule has 21 heavy (non-hydrogen) atoms. The van der Waals surface area contributed by atoms with Crippen LogP contribution in [0.15, 0.2) is 24.3 Å². The Morgan fingerprint density at radius 3 is 2.67 bits per heavy atom. The molecule has 2 amide bonds. The van der Waals surface area contributed by atoms with E-state index in [1.807, 2.05) is 0 Å². The monoisotopic (exact) mass is 304 g/mol. The number of hydrogen-bond acceptors (Lipinski definition) is 3. The fourth-order valence-corrected chi connectivity index (χ4v) is 2.34. The van der Waals surface area contributed by atoms with Crippen LogP contribution >= 0.6 is 0 Å². The molecular weight excluding hydrogens is 289 g/mol. The molecule has 0 bridgehead atoms. The number of aliphatic hydroxyl groups excluding tert-OH is 2. The summed E-state index contributed by atoms with van der Waals surface area (Å²) in [7, 11) is 0. The minimum absolute atomic E-state index is 0.0226. The quantitative estimate of drug-likeness (QED) is 0.778. The van der Waals surface area contributed by atoms with E-state index in [1.165, 1.54) is 12.1 Å². The lowest BCUT2D eigenvalue weighted by atomic mass is 10.1. The molecule has 3 N–H and O–H groups in total. The number of para-hydroxylation sites is 1. The second-order valence-electron chi connectivity index (χ2n) is 4.85. The molecule has 1 saturated heterocycles. The van der Waals surface area contributed by atoms with Crippen LogP contribution < -0.4 is 5.32 Å². The summed E-state index contributed by atoms with van der Waals surface area (Å²) in [6.07, 6.45) is -5.17. The minimum Gasteiger partial charge on any atom is -0.394 e. The summed E-state index contributed by atoms with van der Waals surface area (Å²) in [5.74, 6) is 0. The van der Waals surface area contributed by atoms with Crippen molar-refractivity contribution in [2.24, 2.45) is 0 Å². The molecule has 1 aliphatic rings. The fourth-order valence-electron chi connectivity index (χ4n) is 2.34. The number of benzene rings is 1. The Kier molecular flexibility index (Phi) is 4.38. The molecule has 8 heteroatoms. The molecular formula is C13H15F3N2O3. The number of urea groups is 1. The van der Waals surface area contributed by atoms with Gasteiger partial charge < -0.3 is 20.4 Å². The second kappa shape index (κ2) is 5.90. The molecule has 0 radical (unpaired) electrons. The first-order chi connectivity index (χ1) is 9.82. The first-order valence-corrected chi connectivity index (χ1v) is 6.35. The van der Waals surface area contributed by atoms with Gasteiger partial charge in [-0.2, -0.15) is 13.2 Å². The van der Waals surface area contributed by atoms with Crippen LogP contribution in [-0.2, 0) is 6.18 Å². The van der Waals surface area contributed by atoms with Crippen LogP contribution in [0, 0.1) is 0 Å². The van der Waals surface area contributed by atoms with Crippen LogP contribution in [-0.4, -0.2) is 46.4 Å². The molecule has 2 rings (SSSR count). The Labute approximate surface area is 119 Å². The Morgan fingerprint density at radius 1 is 1.38 bits per heavy atom. The fraction of sp³-hybridized carbons (Fsp3) is 0.462. The van der Waals surface area contributed by atoms with Crippen LogP contribution in [0.3, 0.4) is 0 Å². The number of rotatable bonds is 2. The number of β-amino-alcohol motifs (C(OH)–C–C–N with tert-alkyl or cyclic N) is 1. The number of halogens is 3. The average Bonchev–Trinajstić information content (AvgIpc) is 2.79. The summed E-state index contributed by atoms with van der Waals surface area (Å²) >= 11 is 0. The van der Waals surface area contributed by atoms with Gasteiger partial charge in [-0.3, -0.25) is 0 Å². The number of nitrogens with one attached hydrogen (secondary N) is 1. The topological polar surface area (TPSA) is 72.8 Å². The number of aliphatic hydroxyl groups is 2. The van der Waals surface area contributed by atoms with Gasteiger partial charge >= 0.3 is 12.2 Å². The van der Waals surface area contributed by atoms with Gasteiger partial charge in [0.2, 0.25) is 0 Å². The van der Waals surface area contributed by atoms with E-state index in [2.05, 4.69) is 5.32 Å². The highest BCUT2D eigenvalue weighted by Gasteiger charge is 2.36. The number of anilines is 1. The van der Waals surface area contributed by atoms with Crippen molar-refractivity contribution in [3.63, 3.8) is 0 Å². The summed E-state index contributed by atoms with van der Waals surface area (Å²) in [5.41, 5.74) is -1.30. The van der Waals surface area contributed by atoms with Gasteiger partial charge in [0.05, 0.1) is 30.0 Å². The number of amides is 2. The highest BCUT2D eigenvalue weighted by molar-refractivity contribution is 5.90. The first kappa shape index (κ1) is 15.6. The minimum atomic E-state index is -4.58. The molecule has 116 valence electrons. The van der Waals surface area contributed by atoms with Crippen LogP contribution in [0.1, 0.15) is 12.0 Å². The molecule has 2 unspecified atom stereocenters. The summed E-state index contributed by atoms with van der Waals surface area (Å²) in [4.78, 5) is 13.2. The van der Waals surface area contributed by atoms with Crippen LogP contribution in [0.25, 0.3) is 0 Å². The Hall–Kier alpha value is -1.80. The number of carbonyl (C=O) groups excluding carboxylic acids is 1. The summed E-state index contributed by atoms with van der Waals surface area (Å²) in [6, 6.07) is 3.27. The van der Waals surface area contributed by atoms with Gasteiger partial charge in [0.15, 0.2) is 0 Å². The van der Waals surface area contributed by atoms with Crippen molar-refractivity contribution >= 4 is 11.7 Å². The normalized spacial score (nSPS) is 22.4. The van der Waals surface area contributed by atoms with Gasteiger partial charge in [-0.25, -0.2) is 4.79 Å². The Morgan fingerprint density at radius 2 is 2.05 bits per heavy atom. The summed E-state index contributed by atoms with van der Waals surface area (Å²) in [5, 5.41) is 20.8. The Balaban J connectivity index is 2.17. The van der Waals surface area contributed by atoms with E-state index < -0.39 is 29.9 Å². The van der Waals surface area contributed by atoms with Crippen molar-refractivity contribution < 1.29 is 28.2 Å². The van der Waals surface area contributed by atoms with Gasteiger partial charge in [0.1, 0.15) is 0 Å². The lowest BCUT2D eigenvalue weighted by Crippen LogP contribution is -2.41. The molecule has 0 saturated carbocycles. The van der Waals surface area contributed by atoms with Gasteiger partial charge in [0.25, 0.3) is 0 Å². The SMILES string of the molecule is O=C(Nc1ccccc1C(F)(F)F)N1CC(O)CC1CO. The molecule has 1 fully saturated rings. The van der Waals surface area contributed by atoms with Crippen LogP contribution in [0.5, 0.6) is 0 Å². The van der Waals surface area contributed by atoms with E-state index in [-0.39, 0.29) is 25.3 Å². The average molecular weight is 304 g/mol. The predicted molar refractivity (Wildman–Crippen MR) is 68.7 cm³/mol. The highest BCUT2D eigenvalue weighted by Crippen LogP contribution is 2.34. The zero-order valence-electron chi connectivity index (χ0n) is 11.0. The van der Waals surface area contributed by atoms with Crippen LogP contribution in [0.4, 0.5) is 23.7 Å². The van der Waals surface area contributed by atoms with Gasteiger partial charge in [-0.1, -0.05) is 12.1 Å². The van der Waals surface area contributed by atoms with Gasteiger partial charge in [-0.05, 0) is 18.6 Å². The number of hydrogen-bond donors (Lipinski definition) is 3. The molecule has 1 aromatic carbocycles. The largest absolute Gasteiger partial charge is 0.418 e. The van der Waals surface area contributed by atoms with E-state index >= 15 is 0 Å². The predicted octanol–water partition coefficient (Wildman–Crippen LogP) is 1.66. The number of alkyl halides is 3. The lowest BCUT2D eigenvalue weighted by Gasteiger charge is -2.24. The van der Waals surface area contributed by atoms with Gasteiger partial charge in [0, 0.05) is 6.54 Å². The third-order valence-corrected chi connectivity index (χ3v) is 3.34. The third kappa shape index (κ3) is 3.45. The van der Waals surface area contributed by atoms with Crippen molar-refractivity contribution in [2.75, 3.05) is 18.5 Å². The highest BCUT2D eigenvalue weighted by atomic mass is 19.4. The van der Waals surface area contributed by atoms with Crippen molar-refractivity contribution in [2.45, 2.75) is 24.7 Å². The number of likely N-dealkylation sites (tertiary alicyclic amines) is 1. The van der Waals surface area contributed by atoms with E-state index in [0.717, 1.165) is 17.0 Å². The van der Waals surface area contributed by atoms with Crippen molar-refractivity contribution in [3.8, 4) is 0 Å². The number of nitrogens with zero attached hydrogens (tertiary/aromatic N) is 1.